The van der Waals surface area contributed by atoms with E-state index in [-0.39, 0.29) is 11.3 Å². The summed E-state index contributed by atoms with van der Waals surface area (Å²) in [6, 6.07) is 13.4. The van der Waals surface area contributed by atoms with E-state index in [1.165, 1.54) is 6.07 Å². The first kappa shape index (κ1) is 17.3. The van der Waals surface area contributed by atoms with Crippen molar-refractivity contribution in [1.82, 2.24) is 4.57 Å². The summed E-state index contributed by atoms with van der Waals surface area (Å²) in [7, 11) is 0. The average Bonchev–Trinajstić information content (AvgIpc) is 3.18. The second-order valence-corrected chi connectivity index (χ2v) is 5.39. The van der Waals surface area contributed by atoms with Crippen molar-refractivity contribution in [2.24, 2.45) is 0 Å². The molecule has 26 heavy (non-hydrogen) atoms. The molecule has 3 rings (SSSR count). The zero-order chi connectivity index (χ0) is 18.5. The molecule has 2 aromatic carbocycles. The van der Waals surface area contributed by atoms with Crippen molar-refractivity contribution in [2.45, 2.75) is 0 Å². The van der Waals surface area contributed by atoms with Crippen LogP contribution < -0.4 is 5.32 Å². The number of benzene rings is 2. The minimum atomic E-state index is -1.08. The number of aromatic nitrogens is 1. The average molecular weight is 356 g/mol. The molecule has 1 aromatic heterocycles. The van der Waals surface area contributed by atoms with Crippen LogP contribution in [0.15, 0.2) is 67.0 Å². The van der Waals surface area contributed by atoms with Gasteiger partial charge in [-0.1, -0.05) is 6.07 Å². The molecule has 132 valence electrons. The van der Waals surface area contributed by atoms with E-state index in [4.69, 9.17) is 4.74 Å². The third kappa shape index (κ3) is 4.13. The number of hydrogen-bond donors (Lipinski definition) is 1. The van der Waals surface area contributed by atoms with E-state index in [2.05, 4.69) is 5.32 Å². The summed E-state index contributed by atoms with van der Waals surface area (Å²) in [5, 5.41) is 2.32. The van der Waals surface area contributed by atoms with Gasteiger partial charge in [0.05, 0.1) is 5.56 Å². The molecule has 0 saturated heterocycles. The monoisotopic (exact) mass is 356 g/mol. The van der Waals surface area contributed by atoms with Gasteiger partial charge in [-0.15, -0.1) is 0 Å². The third-order valence-corrected chi connectivity index (χ3v) is 3.52. The minimum absolute atomic E-state index is 0.0690. The maximum Gasteiger partial charge on any atom is 0.338 e. The second-order valence-electron chi connectivity index (χ2n) is 5.39. The SMILES string of the molecule is O=C(COC(=O)c1cccc(-n2cccc2)c1)Nc1ccc(F)c(F)c1. The third-order valence-electron chi connectivity index (χ3n) is 3.52. The van der Waals surface area contributed by atoms with Crippen molar-refractivity contribution in [2.75, 3.05) is 11.9 Å². The number of esters is 1. The van der Waals surface area contributed by atoms with Gasteiger partial charge in [-0.05, 0) is 42.5 Å². The Balaban J connectivity index is 1.59. The van der Waals surface area contributed by atoms with Crippen LogP contribution in [-0.4, -0.2) is 23.1 Å². The Morgan fingerprint density at radius 3 is 2.46 bits per heavy atom. The summed E-state index contributed by atoms with van der Waals surface area (Å²) in [6.07, 6.45) is 3.67. The molecule has 0 unspecified atom stereocenters. The quantitative estimate of drug-likeness (QED) is 0.711. The Bertz CT molecular complexity index is 940. The molecule has 3 aromatic rings. The maximum absolute atomic E-state index is 13.1. The van der Waals surface area contributed by atoms with Crippen LogP contribution in [0.2, 0.25) is 0 Å². The lowest BCUT2D eigenvalue weighted by molar-refractivity contribution is -0.119. The van der Waals surface area contributed by atoms with Crippen LogP contribution in [0.25, 0.3) is 5.69 Å². The number of ether oxygens (including phenoxy) is 1. The molecule has 0 aliphatic rings. The molecule has 0 aliphatic heterocycles. The van der Waals surface area contributed by atoms with Gasteiger partial charge in [0.25, 0.3) is 5.91 Å². The fourth-order valence-electron chi connectivity index (χ4n) is 2.29. The largest absolute Gasteiger partial charge is 0.452 e. The highest BCUT2D eigenvalue weighted by Crippen LogP contribution is 2.14. The Morgan fingerprint density at radius 1 is 0.962 bits per heavy atom. The van der Waals surface area contributed by atoms with E-state index >= 15 is 0 Å². The number of amides is 1. The predicted molar refractivity (Wildman–Crippen MR) is 91.0 cm³/mol. The van der Waals surface area contributed by atoms with E-state index in [9.17, 15) is 18.4 Å². The van der Waals surface area contributed by atoms with Crippen LogP contribution in [0.3, 0.4) is 0 Å². The molecular formula is C19H14F2N2O3. The molecule has 1 heterocycles. The van der Waals surface area contributed by atoms with Gasteiger partial charge in [-0.2, -0.15) is 0 Å². The van der Waals surface area contributed by atoms with Crippen molar-refractivity contribution >= 4 is 17.6 Å². The number of hydrogen-bond acceptors (Lipinski definition) is 3. The molecule has 0 bridgehead atoms. The summed E-state index contributed by atoms with van der Waals surface area (Å²) in [5.74, 6) is -3.43. The highest BCUT2D eigenvalue weighted by atomic mass is 19.2. The van der Waals surface area contributed by atoms with Crippen molar-refractivity contribution in [1.29, 1.82) is 0 Å². The number of anilines is 1. The Hall–Kier alpha value is -3.48. The van der Waals surface area contributed by atoms with Crippen LogP contribution in [-0.2, 0) is 9.53 Å². The predicted octanol–water partition coefficient (Wildman–Crippen LogP) is 3.55. The van der Waals surface area contributed by atoms with Crippen molar-refractivity contribution in [3.05, 3.63) is 84.2 Å². The highest BCUT2D eigenvalue weighted by molar-refractivity contribution is 5.95. The maximum atomic E-state index is 13.1. The summed E-state index contributed by atoms with van der Waals surface area (Å²) in [5.41, 5.74) is 1.13. The van der Waals surface area contributed by atoms with Crippen LogP contribution in [0, 0.1) is 11.6 Å². The molecular weight excluding hydrogens is 342 g/mol. The number of carbonyl (C=O) groups excluding carboxylic acids is 2. The topological polar surface area (TPSA) is 60.3 Å². The summed E-state index contributed by atoms with van der Waals surface area (Å²) in [4.78, 5) is 23.9. The van der Waals surface area contributed by atoms with E-state index in [1.807, 2.05) is 35.2 Å². The fourth-order valence-corrected chi connectivity index (χ4v) is 2.29. The molecule has 0 saturated carbocycles. The van der Waals surface area contributed by atoms with E-state index in [1.54, 1.807) is 18.2 Å². The molecule has 0 radical (unpaired) electrons. The summed E-state index contributed by atoms with van der Waals surface area (Å²) in [6.45, 7) is -0.550. The Kier molecular flexibility index (Phi) is 5.07. The van der Waals surface area contributed by atoms with Crippen LogP contribution in [0.1, 0.15) is 10.4 Å². The van der Waals surface area contributed by atoms with Crippen molar-refractivity contribution in [3.63, 3.8) is 0 Å². The van der Waals surface area contributed by atoms with Gasteiger partial charge in [0.15, 0.2) is 18.2 Å². The van der Waals surface area contributed by atoms with Crippen molar-refractivity contribution < 1.29 is 23.1 Å². The normalized spacial score (nSPS) is 10.4. The molecule has 0 atom stereocenters. The molecule has 0 fully saturated rings. The number of halogens is 2. The molecule has 0 spiro atoms. The second kappa shape index (κ2) is 7.60. The lowest BCUT2D eigenvalue weighted by Gasteiger charge is -2.08. The first-order chi connectivity index (χ1) is 12.5. The van der Waals surface area contributed by atoms with Crippen LogP contribution in [0.4, 0.5) is 14.5 Å². The minimum Gasteiger partial charge on any atom is -0.452 e. The number of nitrogens with zero attached hydrogens (tertiary/aromatic N) is 1. The fraction of sp³-hybridized carbons (Fsp3) is 0.0526. The molecule has 7 heteroatoms. The summed E-state index contributed by atoms with van der Waals surface area (Å²) >= 11 is 0. The molecule has 5 nitrogen and oxygen atoms in total. The van der Waals surface area contributed by atoms with E-state index < -0.39 is 30.1 Å². The van der Waals surface area contributed by atoms with Gasteiger partial charge >= 0.3 is 5.97 Å². The first-order valence-electron chi connectivity index (χ1n) is 7.68. The summed E-state index contributed by atoms with van der Waals surface area (Å²) < 4.78 is 32.7. The lowest BCUT2D eigenvalue weighted by Crippen LogP contribution is -2.21. The zero-order valence-corrected chi connectivity index (χ0v) is 13.5. The Morgan fingerprint density at radius 2 is 1.73 bits per heavy atom. The zero-order valence-electron chi connectivity index (χ0n) is 13.5. The van der Waals surface area contributed by atoms with E-state index in [0.29, 0.717) is 0 Å². The number of rotatable bonds is 5. The van der Waals surface area contributed by atoms with Crippen molar-refractivity contribution in [3.8, 4) is 5.69 Å². The standard InChI is InChI=1S/C19H14F2N2O3/c20-16-7-6-14(11-17(16)21)22-18(24)12-26-19(25)13-4-3-5-15(10-13)23-8-1-2-9-23/h1-11H,12H2,(H,22,24). The van der Waals surface area contributed by atoms with E-state index in [0.717, 1.165) is 17.8 Å². The van der Waals surface area contributed by atoms with Crippen LogP contribution >= 0.6 is 0 Å². The lowest BCUT2D eigenvalue weighted by atomic mass is 10.2. The molecule has 1 amide bonds. The van der Waals surface area contributed by atoms with Gasteiger partial charge in [0.1, 0.15) is 0 Å². The number of carbonyl (C=O) groups is 2. The number of nitrogens with one attached hydrogen (secondary N) is 1. The van der Waals surface area contributed by atoms with Gasteiger partial charge < -0.3 is 14.6 Å². The molecule has 1 N–H and O–H groups in total. The Labute approximate surface area is 147 Å². The van der Waals surface area contributed by atoms with Gasteiger partial charge in [-0.3, -0.25) is 4.79 Å². The highest BCUT2D eigenvalue weighted by Gasteiger charge is 2.12. The van der Waals surface area contributed by atoms with Gasteiger partial charge in [0.2, 0.25) is 0 Å². The van der Waals surface area contributed by atoms with Gasteiger partial charge in [-0.25, -0.2) is 13.6 Å². The van der Waals surface area contributed by atoms with Crippen LogP contribution in [0.5, 0.6) is 0 Å². The smallest absolute Gasteiger partial charge is 0.338 e. The first-order valence-corrected chi connectivity index (χ1v) is 7.68. The molecule has 0 aliphatic carbocycles. The van der Waals surface area contributed by atoms with Gasteiger partial charge in [0, 0.05) is 29.8 Å².